The number of rotatable bonds is 5. The van der Waals surface area contributed by atoms with Crippen LogP contribution in [0.3, 0.4) is 0 Å². The van der Waals surface area contributed by atoms with Gasteiger partial charge >= 0.3 is 6.03 Å². The molecule has 0 unspecified atom stereocenters. The molecule has 4 aliphatic heterocycles. The molecule has 6 heteroatoms. The second kappa shape index (κ2) is 8.90. The minimum atomic E-state index is -0.343. The van der Waals surface area contributed by atoms with E-state index in [0.29, 0.717) is 25.1 Å². The zero-order chi connectivity index (χ0) is 23.0. The number of hydrogen-bond acceptors (Lipinski definition) is 3. The summed E-state index contributed by atoms with van der Waals surface area (Å²) in [5, 5.41) is 3.26. The van der Waals surface area contributed by atoms with E-state index in [2.05, 4.69) is 10.2 Å². The van der Waals surface area contributed by atoms with E-state index in [1.54, 1.807) is 12.1 Å². The highest BCUT2D eigenvalue weighted by Gasteiger charge is 2.40. The highest BCUT2D eigenvalue weighted by atomic mass is 19.1. The molecule has 5 nitrogen and oxygen atoms in total. The molecule has 4 heterocycles. The van der Waals surface area contributed by atoms with E-state index in [4.69, 9.17) is 0 Å². The standard InChI is InChI=1S/C27H32FN3O2/c1-2-24(32)21-4-3-19-9-13-31(25(23(19)17-21)20-5-7-22(28)8-6-20)26(33)29-18-27-10-14-30(15-11-27)16-12-27/h3-8,17,25H,2,9-16,18H2,1H3,(H,29,33)/t25-/m0/s1. The molecule has 1 atom stereocenters. The summed E-state index contributed by atoms with van der Waals surface area (Å²) in [6.45, 7) is 6.52. The Morgan fingerprint density at radius 3 is 2.39 bits per heavy atom. The molecule has 2 aromatic carbocycles. The summed E-state index contributed by atoms with van der Waals surface area (Å²) in [5.74, 6) is -0.219. The minimum Gasteiger partial charge on any atom is -0.337 e. The van der Waals surface area contributed by atoms with E-state index in [0.717, 1.165) is 62.0 Å². The van der Waals surface area contributed by atoms with Crippen molar-refractivity contribution in [3.05, 3.63) is 70.5 Å². The number of nitrogens with zero attached hydrogens (tertiary/aromatic N) is 2. The number of hydrogen-bond donors (Lipinski definition) is 1. The Balaban J connectivity index is 1.44. The van der Waals surface area contributed by atoms with Crippen LogP contribution in [0.5, 0.6) is 0 Å². The van der Waals surface area contributed by atoms with Gasteiger partial charge in [-0.1, -0.05) is 31.2 Å². The van der Waals surface area contributed by atoms with Crippen LogP contribution in [0.1, 0.15) is 65.7 Å². The number of ketones is 1. The van der Waals surface area contributed by atoms with Gasteiger partial charge in [0.2, 0.25) is 0 Å². The molecule has 1 N–H and O–H groups in total. The van der Waals surface area contributed by atoms with Crippen molar-refractivity contribution in [3.63, 3.8) is 0 Å². The van der Waals surface area contributed by atoms with Gasteiger partial charge in [-0.2, -0.15) is 0 Å². The minimum absolute atomic E-state index is 0.0791. The van der Waals surface area contributed by atoms with Crippen LogP contribution in [0.4, 0.5) is 9.18 Å². The van der Waals surface area contributed by atoms with Crippen molar-refractivity contribution in [1.29, 1.82) is 0 Å². The van der Waals surface area contributed by atoms with Crippen LogP contribution in [0.2, 0.25) is 0 Å². The lowest BCUT2D eigenvalue weighted by Crippen LogP contribution is -2.54. The van der Waals surface area contributed by atoms with Crippen molar-refractivity contribution >= 4 is 11.8 Å². The Morgan fingerprint density at radius 1 is 1.03 bits per heavy atom. The quantitative estimate of drug-likeness (QED) is 0.681. The molecule has 4 aliphatic rings. The fourth-order valence-electron chi connectivity index (χ4n) is 5.74. The van der Waals surface area contributed by atoms with Crippen molar-refractivity contribution in [2.45, 2.75) is 45.1 Å². The van der Waals surface area contributed by atoms with Crippen LogP contribution in [0.15, 0.2) is 42.5 Å². The number of benzene rings is 2. The average Bonchev–Trinajstić information content (AvgIpc) is 2.87. The monoisotopic (exact) mass is 449 g/mol. The van der Waals surface area contributed by atoms with E-state index in [1.165, 1.54) is 12.1 Å². The molecule has 33 heavy (non-hydrogen) atoms. The summed E-state index contributed by atoms with van der Waals surface area (Å²) < 4.78 is 13.7. The van der Waals surface area contributed by atoms with Gasteiger partial charge in [-0.05, 0) is 85.6 Å². The molecule has 3 fully saturated rings. The van der Waals surface area contributed by atoms with Crippen LogP contribution in [0.25, 0.3) is 0 Å². The fraction of sp³-hybridized carbons (Fsp3) is 0.481. The highest BCUT2D eigenvalue weighted by molar-refractivity contribution is 5.96. The van der Waals surface area contributed by atoms with Gasteiger partial charge in [0.25, 0.3) is 0 Å². The van der Waals surface area contributed by atoms with E-state index in [9.17, 15) is 14.0 Å². The van der Waals surface area contributed by atoms with Gasteiger partial charge in [0.15, 0.2) is 5.78 Å². The summed E-state index contributed by atoms with van der Waals surface area (Å²) in [7, 11) is 0. The maximum atomic E-state index is 13.7. The zero-order valence-electron chi connectivity index (χ0n) is 19.3. The summed E-state index contributed by atoms with van der Waals surface area (Å²) in [6.07, 6.45) is 4.59. The molecule has 0 radical (unpaired) electrons. The molecule has 2 bridgehead atoms. The Hall–Kier alpha value is -2.73. The second-order valence-electron chi connectivity index (χ2n) is 9.84. The predicted molar refractivity (Wildman–Crippen MR) is 126 cm³/mol. The van der Waals surface area contributed by atoms with E-state index in [-0.39, 0.29) is 29.1 Å². The molecule has 2 aromatic rings. The van der Waals surface area contributed by atoms with Crippen molar-refractivity contribution in [2.75, 3.05) is 32.7 Å². The maximum Gasteiger partial charge on any atom is 0.318 e. The number of carbonyl (C=O) groups is 2. The third-order valence-electron chi connectivity index (χ3n) is 7.95. The molecular weight excluding hydrogens is 417 g/mol. The lowest BCUT2D eigenvalue weighted by molar-refractivity contribution is 0.0272. The SMILES string of the molecule is CCC(=O)c1ccc2c(c1)[C@H](c1ccc(F)cc1)N(C(=O)NCC13CCN(CC1)CC3)CC2. The van der Waals surface area contributed by atoms with Crippen LogP contribution in [0, 0.1) is 11.2 Å². The number of piperidine rings is 3. The van der Waals surface area contributed by atoms with E-state index in [1.807, 2.05) is 30.0 Å². The summed E-state index contributed by atoms with van der Waals surface area (Å²) >= 11 is 0. The zero-order valence-corrected chi connectivity index (χ0v) is 19.3. The van der Waals surface area contributed by atoms with Crippen molar-refractivity contribution in [1.82, 2.24) is 15.1 Å². The van der Waals surface area contributed by atoms with Gasteiger partial charge in [0.05, 0.1) is 6.04 Å². The molecule has 174 valence electrons. The number of amides is 2. The topological polar surface area (TPSA) is 52.7 Å². The summed E-state index contributed by atoms with van der Waals surface area (Å²) in [6, 6.07) is 11.8. The first kappa shape index (κ1) is 22.1. The molecule has 0 aromatic heterocycles. The maximum absolute atomic E-state index is 13.7. The van der Waals surface area contributed by atoms with E-state index < -0.39 is 0 Å². The highest BCUT2D eigenvalue weighted by Crippen LogP contribution is 2.40. The Morgan fingerprint density at radius 2 is 1.73 bits per heavy atom. The average molecular weight is 450 g/mol. The molecule has 2 amide bonds. The largest absolute Gasteiger partial charge is 0.337 e. The summed E-state index contributed by atoms with van der Waals surface area (Å²) in [4.78, 5) is 30.3. The smallest absolute Gasteiger partial charge is 0.318 e. The first-order valence-electron chi connectivity index (χ1n) is 12.2. The predicted octanol–water partition coefficient (Wildman–Crippen LogP) is 4.56. The van der Waals surface area contributed by atoms with Gasteiger partial charge in [0.1, 0.15) is 5.82 Å². The van der Waals surface area contributed by atoms with E-state index >= 15 is 0 Å². The van der Waals surface area contributed by atoms with Crippen molar-refractivity contribution in [2.24, 2.45) is 5.41 Å². The number of halogens is 1. The third kappa shape index (κ3) is 4.29. The molecule has 3 saturated heterocycles. The molecular formula is C27H32FN3O2. The van der Waals surface area contributed by atoms with Gasteiger partial charge in [-0.25, -0.2) is 9.18 Å². The van der Waals surface area contributed by atoms with Crippen LogP contribution >= 0.6 is 0 Å². The van der Waals surface area contributed by atoms with Crippen molar-refractivity contribution in [3.8, 4) is 0 Å². The van der Waals surface area contributed by atoms with Crippen molar-refractivity contribution < 1.29 is 14.0 Å². The number of urea groups is 1. The first-order valence-corrected chi connectivity index (χ1v) is 12.2. The van der Waals surface area contributed by atoms with Gasteiger partial charge < -0.3 is 15.1 Å². The first-order chi connectivity index (χ1) is 16.0. The number of Topliss-reactive ketones (excluding diaryl/α,β-unsaturated/α-hetero) is 1. The number of nitrogens with one attached hydrogen (secondary N) is 1. The Bertz CT molecular complexity index is 1030. The number of carbonyl (C=O) groups excluding carboxylic acids is 2. The molecule has 0 aliphatic carbocycles. The molecule has 0 saturated carbocycles. The Kier molecular flexibility index (Phi) is 5.95. The van der Waals surface area contributed by atoms with Gasteiger partial charge in [0, 0.05) is 25.1 Å². The molecule has 6 rings (SSSR count). The Labute approximate surface area is 195 Å². The lowest BCUT2D eigenvalue weighted by Gasteiger charge is -2.48. The fourth-order valence-corrected chi connectivity index (χ4v) is 5.74. The third-order valence-corrected chi connectivity index (χ3v) is 7.95. The van der Waals surface area contributed by atoms with Crippen LogP contribution in [-0.2, 0) is 6.42 Å². The number of fused-ring (bicyclic) bond motifs is 4. The molecule has 0 spiro atoms. The lowest BCUT2D eigenvalue weighted by atomic mass is 9.72. The van der Waals surface area contributed by atoms with Crippen LogP contribution in [-0.4, -0.2) is 54.3 Å². The normalized spacial score (nSPS) is 26.1. The van der Waals surface area contributed by atoms with Crippen LogP contribution < -0.4 is 5.32 Å². The summed E-state index contributed by atoms with van der Waals surface area (Å²) in [5.41, 5.74) is 3.84. The van der Waals surface area contributed by atoms with Gasteiger partial charge in [-0.3, -0.25) is 4.79 Å². The second-order valence-corrected chi connectivity index (χ2v) is 9.84. The van der Waals surface area contributed by atoms with Gasteiger partial charge in [-0.15, -0.1) is 0 Å².